The number of urea groups is 1. The fraction of sp³-hybridized carbons (Fsp3) is 0.692. The van der Waals surface area contributed by atoms with Crippen molar-refractivity contribution < 1.29 is 33.5 Å². The molecular formula is C39H55N5O7. The van der Waals surface area contributed by atoms with Crippen LogP contribution in [0.4, 0.5) is 4.79 Å². The van der Waals surface area contributed by atoms with Crippen LogP contribution in [0.3, 0.4) is 0 Å². The predicted molar refractivity (Wildman–Crippen MR) is 188 cm³/mol. The van der Waals surface area contributed by atoms with Crippen molar-refractivity contribution in [2.75, 3.05) is 6.54 Å². The van der Waals surface area contributed by atoms with Gasteiger partial charge in [0.15, 0.2) is 0 Å². The Morgan fingerprint density at radius 1 is 0.922 bits per heavy atom. The zero-order chi connectivity index (χ0) is 36.3. The Balaban J connectivity index is 1.21. The highest BCUT2D eigenvalue weighted by atomic mass is 16.5. The van der Waals surface area contributed by atoms with E-state index in [4.69, 9.17) is 10.5 Å². The average Bonchev–Trinajstić information content (AvgIpc) is 3.48. The molecule has 1 aromatic rings. The SMILES string of the molecule is CC(C)[C@H]1CCN(C(=O)[C@@H](NC(=O)NC2(C(=O)OCc3ccccc3)CC3CCC2C3)C2CCCCC2)[C@@H]1C(=O)NC(CC1CC1)C(=O)C(N)=O. The minimum atomic E-state index is -1.18. The summed E-state index contributed by atoms with van der Waals surface area (Å²) >= 11 is 0. The molecule has 1 saturated heterocycles. The number of benzene rings is 1. The maximum atomic E-state index is 14.7. The van der Waals surface area contributed by atoms with E-state index in [0.29, 0.717) is 31.7 Å². The molecule has 0 aromatic heterocycles. The van der Waals surface area contributed by atoms with Gasteiger partial charge in [-0.15, -0.1) is 0 Å². The van der Waals surface area contributed by atoms with Crippen molar-refractivity contribution in [3.05, 3.63) is 35.9 Å². The average molecular weight is 706 g/mol. The molecule has 2 bridgehead atoms. The van der Waals surface area contributed by atoms with Gasteiger partial charge in [0.1, 0.15) is 24.2 Å². The Morgan fingerprint density at radius 2 is 1.65 bits per heavy atom. The van der Waals surface area contributed by atoms with Crippen LogP contribution >= 0.6 is 0 Å². The number of hydrogen-bond acceptors (Lipinski definition) is 7. The van der Waals surface area contributed by atoms with E-state index in [1.165, 1.54) is 0 Å². The van der Waals surface area contributed by atoms with Crippen LogP contribution in [0.2, 0.25) is 0 Å². The van der Waals surface area contributed by atoms with Gasteiger partial charge in [-0.05, 0) is 92.4 Å². The monoisotopic (exact) mass is 705 g/mol. The molecule has 4 saturated carbocycles. The molecule has 5 aliphatic rings. The number of nitrogens with one attached hydrogen (secondary N) is 3. The van der Waals surface area contributed by atoms with Crippen molar-refractivity contribution in [3.8, 4) is 0 Å². The number of nitrogens with two attached hydrogens (primary N) is 1. The maximum absolute atomic E-state index is 14.7. The van der Waals surface area contributed by atoms with Crippen molar-refractivity contribution >= 4 is 35.5 Å². The number of carbonyl (C=O) groups is 6. The van der Waals surface area contributed by atoms with E-state index >= 15 is 0 Å². The molecule has 51 heavy (non-hydrogen) atoms. The quantitative estimate of drug-likeness (QED) is 0.168. The lowest BCUT2D eigenvalue weighted by Crippen LogP contribution is -2.64. The molecule has 6 rings (SSSR count). The Morgan fingerprint density at radius 3 is 2.25 bits per heavy atom. The number of ether oxygens (including phenoxy) is 1. The number of esters is 1. The molecule has 12 nitrogen and oxygen atoms in total. The highest BCUT2D eigenvalue weighted by molar-refractivity contribution is 6.37. The highest BCUT2D eigenvalue weighted by Crippen LogP contribution is 2.51. The first-order chi connectivity index (χ1) is 24.5. The zero-order valence-corrected chi connectivity index (χ0v) is 30.1. The van der Waals surface area contributed by atoms with Crippen molar-refractivity contribution in [1.29, 1.82) is 0 Å². The third kappa shape index (κ3) is 8.25. The summed E-state index contributed by atoms with van der Waals surface area (Å²) in [7, 11) is 0. The second-order valence-corrected chi connectivity index (χ2v) is 16.2. The number of likely N-dealkylation sites (tertiary alicyclic amines) is 1. The minimum absolute atomic E-state index is 0.0505. The molecule has 5 N–H and O–H groups in total. The lowest BCUT2D eigenvalue weighted by Gasteiger charge is -2.39. The third-order valence-corrected chi connectivity index (χ3v) is 12.4. The summed E-state index contributed by atoms with van der Waals surface area (Å²) in [6.45, 7) is 4.44. The first kappa shape index (κ1) is 36.8. The fourth-order valence-electron chi connectivity index (χ4n) is 9.49. The van der Waals surface area contributed by atoms with Gasteiger partial charge in [0.25, 0.3) is 5.91 Å². The van der Waals surface area contributed by atoms with Gasteiger partial charge in [0, 0.05) is 6.54 Å². The van der Waals surface area contributed by atoms with Crippen molar-refractivity contribution in [2.24, 2.45) is 41.2 Å². The number of carbonyl (C=O) groups excluding carboxylic acids is 6. The fourth-order valence-corrected chi connectivity index (χ4v) is 9.49. The van der Waals surface area contributed by atoms with Crippen LogP contribution in [0.1, 0.15) is 103 Å². The van der Waals surface area contributed by atoms with Gasteiger partial charge in [-0.1, -0.05) is 76.3 Å². The summed E-state index contributed by atoms with van der Waals surface area (Å²) in [6.07, 6.45) is 10.3. The highest BCUT2D eigenvalue weighted by Gasteiger charge is 2.58. The van der Waals surface area contributed by atoms with Gasteiger partial charge in [0.05, 0.1) is 6.04 Å². The molecule has 5 amide bonds. The van der Waals surface area contributed by atoms with Crippen LogP contribution in [-0.4, -0.2) is 70.6 Å². The molecule has 5 fully saturated rings. The molecule has 1 aliphatic heterocycles. The largest absolute Gasteiger partial charge is 0.459 e. The van der Waals surface area contributed by atoms with Crippen LogP contribution in [-0.2, 0) is 35.3 Å². The number of primary amides is 1. The number of rotatable bonds is 14. The molecule has 4 aliphatic carbocycles. The van der Waals surface area contributed by atoms with E-state index in [1.54, 1.807) is 4.90 Å². The van der Waals surface area contributed by atoms with Crippen LogP contribution in [0.5, 0.6) is 0 Å². The van der Waals surface area contributed by atoms with E-state index in [2.05, 4.69) is 16.0 Å². The summed E-state index contributed by atoms with van der Waals surface area (Å²) in [6, 6.07) is 6.05. The van der Waals surface area contributed by atoms with Gasteiger partial charge in [-0.25, -0.2) is 9.59 Å². The van der Waals surface area contributed by atoms with Gasteiger partial charge < -0.3 is 31.3 Å². The number of amides is 5. The Labute approximate surface area is 300 Å². The first-order valence-electron chi connectivity index (χ1n) is 19.2. The first-order valence-corrected chi connectivity index (χ1v) is 19.2. The number of hydrogen-bond donors (Lipinski definition) is 4. The number of ketones is 1. The summed E-state index contributed by atoms with van der Waals surface area (Å²) in [5.41, 5.74) is 5.04. The van der Waals surface area contributed by atoms with E-state index in [0.717, 1.165) is 69.8 Å². The minimum Gasteiger partial charge on any atom is -0.459 e. The second-order valence-electron chi connectivity index (χ2n) is 16.2. The molecule has 12 heteroatoms. The summed E-state index contributed by atoms with van der Waals surface area (Å²) in [5.74, 6) is -2.95. The van der Waals surface area contributed by atoms with Crippen molar-refractivity contribution in [2.45, 2.75) is 128 Å². The van der Waals surface area contributed by atoms with Crippen LogP contribution in [0.25, 0.3) is 0 Å². The van der Waals surface area contributed by atoms with Crippen LogP contribution in [0.15, 0.2) is 30.3 Å². The van der Waals surface area contributed by atoms with Crippen LogP contribution < -0.4 is 21.7 Å². The molecule has 4 unspecified atom stereocenters. The third-order valence-electron chi connectivity index (χ3n) is 12.4. The Hall–Kier alpha value is -3.96. The molecule has 0 spiro atoms. The lowest BCUT2D eigenvalue weighted by molar-refractivity contribution is -0.155. The predicted octanol–water partition coefficient (Wildman–Crippen LogP) is 3.75. The topological polar surface area (TPSA) is 177 Å². The van der Waals surface area contributed by atoms with Crippen molar-refractivity contribution in [3.63, 3.8) is 0 Å². The molecule has 7 atom stereocenters. The maximum Gasteiger partial charge on any atom is 0.332 e. The number of fused-ring (bicyclic) bond motifs is 2. The summed E-state index contributed by atoms with van der Waals surface area (Å²) in [4.78, 5) is 82.8. The molecule has 1 heterocycles. The summed E-state index contributed by atoms with van der Waals surface area (Å²) < 4.78 is 5.83. The molecule has 1 aromatic carbocycles. The lowest BCUT2D eigenvalue weighted by atomic mass is 9.80. The zero-order valence-electron chi connectivity index (χ0n) is 30.1. The number of Topliss-reactive ketones (excluding diaryl/α,β-unsaturated/α-hetero) is 1. The molecule has 0 radical (unpaired) electrons. The van der Waals surface area contributed by atoms with Crippen LogP contribution in [0, 0.1) is 35.5 Å². The summed E-state index contributed by atoms with van der Waals surface area (Å²) in [5, 5.41) is 8.88. The van der Waals surface area contributed by atoms with E-state index in [1.807, 2.05) is 44.2 Å². The van der Waals surface area contributed by atoms with Gasteiger partial charge in [-0.2, -0.15) is 0 Å². The normalized spacial score (nSPS) is 28.6. The Bertz CT molecular complexity index is 1480. The van der Waals surface area contributed by atoms with E-state index in [-0.39, 0.29) is 42.1 Å². The Kier molecular flexibility index (Phi) is 11.4. The van der Waals surface area contributed by atoms with Crippen molar-refractivity contribution in [1.82, 2.24) is 20.9 Å². The smallest absolute Gasteiger partial charge is 0.332 e. The van der Waals surface area contributed by atoms with E-state index < -0.39 is 53.3 Å². The second kappa shape index (κ2) is 15.7. The standard InChI is InChI=1S/C39H55N5O7/c1-23(2)29-17-18-44(32(29)35(47)41-30(20-24-13-14-24)33(45)34(40)46)36(48)31(27-11-7-4-8-12-27)42-38(50)43-39(21-26-15-16-28(39)19-26)37(49)51-22-25-9-5-3-6-10-25/h3,5-6,9-10,23-24,26-32H,4,7-8,11-22H2,1-2H3,(H2,40,46)(H,41,47)(H2,42,43,50)/t26?,28?,29-,30?,31+,32+,39?/m1/s1. The van der Waals surface area contributed by atoms with Gasteiger partial charge in [-0.3, -0.25) is 19.2 Å². The van der Waals surface area contributed by atoms with Gasteiger partial charge >= 0.3 is 12.0 Å². The van der Waals surface area contributed by atoms with E-state index in [9.17, 15) is 28.8 Å². The molecule has 278 valence electrons. The number of nitrogens with zero attached hydrogens (tertiary/aromatic N) is 1. The van der Waals surface area contributed by atoms with Gasteiger partial charge in [0.2, 0.25) is 17.6 Å². The molecular weight excluding hydrogens is 650 g/mol.